The van der Waals surface area contributed by atoms with E-state index in [4.69, 9.17) is 9.47 Å². The zero-order valence-electron chi connectivity index (χ0n) is 14.5. The van der Waals surface area contributed by atoms with Crippen LogP contribution in [0.5, 0.6) is 11.5 Å². The van der Waals surface area contributed by atoms with Crippen molar-refractivity contribution in [3.05, 3.63) is 18.2 Å². The highest BCUT2D eigenvalue weighted by atomic mass is 16.5. The fraction of sp³-hybridized carbons (Fsp3) is 0.412. The van der Waals surface area contributed by atoms with E-state index in [2.05, 4.69) is 5.32 Å². The molecule has 0 atom stereocenters. The first-order chi connectivity index (χ1) is 12.4. The van der Waals surface area contributed by atoms with Crippen LogP contribution < -0.4 is 14.8 Å². The van der Waals surface area contributed by atoms with E-state index < -0.39 is 36.3 Å². The second kappa shape index (κ2) is 7.03. The molecule has 0 radical (unpaired) electrons. The fourth-order valence-corrected chi connectivity index (χ4v) is 2.70. The van der Waals surface area contributed by atoms with Gasteiger partial charge in [-0.15, -0.1) is 0 Å². The van der Waals surface area contributed by atoms with E-state index in [0.29, 0.717) is 35.3 Å². The molecule has 9 nitrogen and oxygen atoms in total. The van der Waals surface area contributed by atoms with Gasteiger partial charge >= 0.3 is 17.8 Å². The Morgan fingerprint density at radius 2 is 1.81 bits per heavy atom. The van der Waals surface area contributed by atoms with Crippen molar-refractivity contribution in [1.82, 2.24) is 9.80 Å². The van der Waals surface area contributed by atoms with Crippen LogP contribution in [0.15, 0.2) is 18.2 Å². The summed E-state index contributed by atoms with van der Waals surface area (Å²) in [5.41, 5.74) is 0.436. The number of imide groups is 2. The van der Waals surface area contributed by atoms with E-state index >= 15 is 0 Å². The van der Waals surface area contributed by atoms with Crippen LogP contribution in [-0.4, -0.2) is 59.4 Å². The van der Waals surface area contributed by atoms with Crippen molar-refractivity contribution in [2.24, 2.45) is 0 Å². The molecule has 1 aromatic rings. The molecule has 138 valence electrons. The molecular formula is C17H19N3O6. The van der Waals surface area contributed by atoms with Gasteiger partial charge in [0.2, 0.25) is 5.91 Å². The van der Waals surface area contributed by atoms with Crippen LogP contribution >= 0.6 is 0 Å². The zero-order valence-corrected chi connectivity index (χ0v) is 14.5. The van der Waals surface area contributed by atoms with E-state index in [1.165, 1.54) is 0 Å². The molecule has 2 aliphatic heterocycles. The molecule has 1 saturated heterocycles. The average molecular weight is 361 g/mol. The maximum atomic E-state index is 12.2. The minimum Gasteiger partial charge on any atom is -0.490 e. The van der Waals surface area contributed by atoms with Crippen LogP contribution in [0.25, 0.3) is 0 Å². The van der Waals surface area contributed by atoms with Crippen molar-refractivity contribution in [3.63, 3.8) is 0 Å². The summed E-state index contributed by atoms with van der Waals surface area (Å²) < 4.78 is 11.1. The molecule has 0 aliphatic carbocycles. The number of benzene rings is 1. The lowest BCUT2D eigenvalue weighted by molar-refractivity contribution is -0.144. The Balaban J connectivity index is 1.68. The Bertz CT molecular complexity index is 776. The van der Waals surface area contributed by atoms with E-state index in [0.717, 1.165) is 11.3 Å². The fourth-order valence-electron chi connectivity index (χ4n) is 2.70. The monoisotopic (exact) mass is 361 g/mol. The highest BCUT2D eigenvalue weighted by Crippen LogP contribution is 2.32. The van der Waals surface area contributed by atoms with Gasteiger partial charge in [-0.25, -0.2) is 9.69 Å². The van der Waals surface area contributed by atoms with Gasteiger partial charge in [0.05, 0.1) is 13.2 Å². The third-order valence-electron chi connectivity index (χ3n) is 3.93. The molecule has 5 amide bonds. The minimum atomic E-state index is -1.00. The Hall–Kier alpha value is -3.10. The van der Waals surface area contributed by atoms with Crippen molar-refractivity contribution < 1.29 is 28.7 Å². The number of carbonyl (C=O) groups is 4. The first kappa shape index (κ1) is 17.7. The number of fused-ring (bicyclic) bond motifs is 1. The standard InChI is InChI=1S/C17H19N3O6/c1-10(2)20-16(23)15(22)19(17(20)24)9-14(21)18-11-4-5-12-13(8-11)26-7-3-6-25-12/h4-5,8,10H,3,6-7,9H2,1-2H3,(H,18,21). The molecule has 3 rings (SSSR count). The smallest absolute Gasteiger partial charge is 0.334 e. The highest BCUT2D eigenvalue weighted by molar-refractivity contribution is 6.45. The van der Waals surface area contributed by atoms with Crippen molar-refractivity contribution in [2.75, 3.05) is 25.1 Å². The number of amides is 5. The van der Waals surface area contributed by atoms with E-state index in [9.17, 15) is 19.2 Å². The topological polar surface area (TPSA) is 105 Å². The number of ether oxygens (including phenoxy) is 2. The van der Waals surface area contributed by atoms with Gasteiger partial charge in [-0.3, -0.25) is 19.3 Å². The molecule has 0 bridgehead atoms. The Kier molecular flexibility index (Phi) is 4.79. The first-order valence-electron chi connectivity index (χ1n) is 8.27. The van der Waals surface area contributed by atoms with Gasteiger partial charge in [0, 0.05) is 24.2 Å². The van der Waals surface area contributed by atoms with Crippen LogP contribution in [-0.2, 0) is 14.4 Å². The molecule has 1 fully saturated rings. The number of carbonyl (C=O) groups excluding carboxylic acids is 4. The molecule has 2 aliphatic rings. The summed E-state index contributed by atoms with van der Waals surface area (Å²) in [6.07, 6.45) is 0.760. The lowest BCUT2D eigenvalue weighted by atomic mass is 10.2. The summed E-state index contributed by atoms with van der Waals surface area (Å²) in [7, 11) is 0. The quantitative estimate of drug-likeness (QED) is 0.633. The number of anilines is 1. The number of nitrogens with one attached hydrogen (secondary N) is 1. The third-order valence-corrected chi connectivity index (χ3v) is 3.93. The van der Waals surface area contributed by atoms with Crippen LogP contribution in [0, 0.1) is 0 Å². The molecule has 1 aromatic carbocycles. The van der Waals surface area contributed by atoms with Gasteiger partial charge in [-0.2, -0.15) is 0 Å². The molecule has 1 N–H and O–H groups in total. The molecular weight excluding hydrogens is 342 g/mol. The van der Waals surface area contributed by atoms with E-state index in [1.807, 2.05) is 0 Å². The predicted molar refractivity (Wildman–Crippen MR) is 89.8 cm³/mol. The lowest BCUT2D eigenvalue weighted by Crippen LogP contribution is -2.40. The minimum absolute atomic E-state index is 0.436. The van der Waals surface area contributed by atoms with Crippen molar-refractivity contribution in [1.29, 1.82) is 0 Å². The van der Waals surface area contributed by atoms with Crippen LogP contribution in [0.3, 0.4) is 0 Å². The Labute approximate surface area is 149 Å². The number of hydrogen-bond acceptors (Lipinski definition) is 6. The van der Waals surface area contributed by atoms with Crippen molar-refractivity contribution in [2.45, 2.75) is 26.3 Å². The average Bonchev–Trinajstić information content (AvgIpc) is 2.75. The van der Waals surface area contributed by atoms with Crippen molar-refractivity contribution in [3.8, 4) is 11.5 Å². The Morgan fingerprint density at radius 1 is 1.12 bits per heavy atom. The lowest BCUT2D eigenvalue weighted by Gasteiger charge is -2.18. The first-order valence-corrected chi connectivity index (χ1v) is 8.27. The molecule has 26 heavy (non-hydrogen) atoms. The zero-order chi connectivity index (χ0) is 18.8. The van der Waals surface area contributed by atoms with Gasteiger partial charge in [-0.1, -0.05) is 0 Å². The second-order valence-corrected chi connectivity index (χ2v) is 6.20. The van der Waals surface area contributed by atoms with Crippen LogP contribution in [0.2, 0.25) is 0 Å². The summed E-state index contributed by atoms with van der Waals surface area (Å²) >= 11 is 0. The van der Waals surface area contributed by atoms with Crippen molar-refractivity contribution >= 4 is 29.4 Å². The summed E-state index contributed by atoms with van der Waals surface area (Å²) in [5.74, 6) is -1.43. The van der Waals surface area contributed by atoms with Gasteiger partial charge in [0.25, 0.3) is 0 Å². The van der Waals surface area contributed by atoms with Gasteiger partial charge in [-0.05, 0) is 26.0 Å². The third kappa shape index (κ3) is 3.32. The molecule has 0 unspecified atom stereocenters. The largest absolute Gasteiger partial charge is 0.490 e. The molecule has 2 heterocycles. The number of nitrogens with zero attached hydrogens (tertiary/aromatic N) is 2. The number of hydrogen-bond donors (Lipinski definition) is 1. The predicted octanol–water partition coefficient (Wildman–Crippen LogP) is 0.986. The molecule has 0 spiro atoms. The summed E-state index contributed by atoms with van der Waals surface area (Å²) in [6.45, 7) is 3.75. The molecule has 0 saturated carbocycles. The van der Waals surface area contributed by atoms with Gasteiger partial charge < -0.3 is 14.8 Å². The summed E-state index contributed by atoms with van der Waals surface area (Å²) in [4.78, 5) is 49.7. The SMILES string of the molecule is CC(C)N1C(=O)C(=O)N(CC(=O)Nc2ccc3c(c2)OCCCO3)C1=O. The number of rotatable bonds is 4. The van der Waals surface area contributed by atoms with Gasteiger partial charge in [0.1, 0.15) is 6.54 Å². The second-order valence-electron chi connectivity index (χ2n) is 6.20. The maximum Gasteiger partial charge on any atom is 0.334 e. The summed E-state index contributed by atoms with van der Waals surface area (Å²) in [6, 6.07) is 3.66. The summed E-state index contributed by atoms with van der Waals surface area (Å²) in [5, 5.41) is 2.59. The normalized spacial score (nSPS) is 17.0. The number of urea groups is 1. The highest BCUT2D eigenvalue weighted by Gasteiger charge is 2.46. The van der Waals surface area contributed by atoms with Gasteiger partial charge in [0.15, 0.2) is 11.5 Å². The van der Waals surface area contributed by atoms with Crippen LogP contribution in [0.1, 0.15) is 20.3 Å². The molecule has 0 aromatic heterocycles. The maximum absolute atomic E-state index is 12.2. The molecule has 9 heteroatoms. The van der Waals surface area contributed by atoms with E-state index in [1.54, 1.807) is 32.0 Å². The van der Waals surface area contributed by atoms with E-state index in [-0.39, 0.29) is 0 Å². The van der Waals surface area contributed by atoms with Crippen LogP contribution in [0.4, 0.5) is 10.5 Å². The Morgan fingerprint density at radius 3 is 2.46 bits per heavy atom.